The third-order valence-electron chi connectivity index (χ3n) is 7.44. The number of thiazole rings is 1. The number of carbonyl (C=O) groups is 1. The summed E-state index contributed by atoms with van der Waals surface area (Å²) in [6.45, 7) is 3.38. The number of likely N-dealkylation sites (tertiary alicyclic amines) is 1. The quantitative estimate of drug-likeness (QED) is 0.281. The number of ether oxygens (including phenoxy) is 2. The largest absolute Gasteiger partial charge is 0.477 e. The molecule has 2 saturated heterocycles. The van der Waals surface area contributed by atoms with Crippen LogP contribution in [0.25, 0.3) is 4.83 Å². The molecule has 2 aliphatic heterocycles. The fraction of sp³-hybridized carbons (Fsp3) is 0.393. The van der Waals surface area contributed by atoms with Crippen LogP contribution < -0.4 is 4.74 Å². The van der Waals surface area contributed by atoms with Gasteiger partial charge in [0.2, 0.25) is 5.88 Å². The van der Waals surface area contributed by atoms with Crippen molar-refractivity contribution in [3.63, 3.8) is 0 Å². The maximum atomic E-state index is 14.1. The molecule has 3 aromatic heterocycles. The molecule has 0 saturated carbocycles. The van der Waals surface area contributed by atoms with Crippen molar-refractivity contribution in [3.05, 3.63) is 80.8 Å². The molecule has 1 aromatic carbocycles. The smallest absolute Gasteiger partial charge is 0.347 e. The number of aromatic carboxylic acids is 1. The van der Waals surface area contributed by atoms with Gasteiger partial charge in [-0.1, -0.05) is 23.7 Å². The van der Waals surface area contributed by atoms with Crippen molar-refractivity contribution in [1.82, 2.24) is 19.5 Å². The van der Waals surface area contributed by atoms with Crippen molar-refractivity contribution < 1.29 is 23.8 Å². The Kier molecular flexibility index (Phi) is 7.53. The van der Waals surface area contributed by atoms with E-state index >= 15 is 0 Å². The molecule has 1 unspecified atom stereocenters. The van der Waals surface area contributed by atoms with Crippen LogP contribution in [0.2, 0.25) is 5.02 Å². The summed E-state index contributed by atoms with van der Waals surface area (Å²) in [5, 5.41) is 14.5. The number of benzene rings is 1. The summed E-state index contributed by atoms with van der Waals surface area (Å²) < 4.78 is 27.3. The zero-order valence-electron chi connectivity index (χ0n) is 21.2. The Morgan fingerprint density at radius 2 is 2.05 bits per heavy atom. The number of carboxylic acids is 1. The van der Waals surface area contributed by atoms with E-state index in [1.807, 2.05) is 12.1 Å². The fourth-order valence-electron chi connectivity index (χ4n) is 5.17. The van der Waals surface area contributed by atoms with E-state index in [2.05, 4.69) is 4.90 Å². The van der Waals surface area contributed by atoms with E-state index in [1.54, 1.807) is 28.9 Å². The molecular formula is C28H28ClFN4O4S. The van der Waals surface area contributed by atoms with Crippen LogP contribution in [0.15, 0.2) is 42.6 Å². The molecule has 2 aliphatic rings. The summed E-state index contributed by atoms with van der Waals surface area (Å²) in [5.41, 5.74) is 3.51. The lowest BCUT2D eigenvalue weighted by Crippen LogP contribution is -2.33. The van der Waals surface area contributed by atoms with Crippen LogP contribution in [-0.4, -0.2) is 56.4 Å². The van der Waals surface area contributed by atoms with Gasteiger partial charge in [0.1, 0.15) is 22.1 Å². The molecule has 204 valence electrons. The number of piperidine rings is 1. The van der Waals surface area contributed by atoms with E-state index in [4.69, 9.17) is 31.2 Å². The second-order valence-electron chi connectivity index (χ2n) is 10.0. The van der Waals surface area contributed by atoms with Gasteiger partial charge >= 0.3 is 5.97 Å². The maximum Gasteiger partial charge on any atom is 0.347 e. The maximum absolute atomic E-state index is 14.1. The van der Waals surface area contributed by atoms with Gasteiger partial charge in [0.05, 0.1) is 18.0 Å². The lowest BCUT2D eigenvalue weighted by atomic mass is 9.93. The first-order valence-electron chi connectivity index (χ1n) is 13.0. The molecule has 11 heteroatoms. The van der Waals surface area contributed by atoms with Crippen molar-refractivity contribution in [2.24, 2.45) is 0 Å². The van der Waals surface area contributed by atoms with E-state index in [-0.39, 0.29) is 17.6 Å². The van der Waals surface area contributed by atoms with E-state index in [9.17, 15) is 14.3 Å². The Hall–Kier alpha value is -3.05. The number of rotatable bonds is 9. The van der Waals surface area contributed by atoms with Crippen LogP contribution >= 0.6 is 22.9 Å². The Morgan fingerprint density at radius 3 is 2.77 bits per heavy atom. The predicted molar refractivity (Wildman–Crippen MR) is 145 cm³/mol. The molecule has 39 heavy (non-hydrogen) atoms. The van der Waals surface area contributed by atoms with E-state index < -0.39 is 11.8 Å². The van der Waals surface area contributed by atoms with Crippen molar-refractivity contribution in [3.8, 4) is 5.88 Å². The molecular weight excluding hydrogens is 543 g/mol. The molecule has 2 fully saturated rings. The number of halogens is 2. The topological polar surface area (TPSA) is 89.2 Å². The first kappa shape index (κ1) is 26.2. The van der Waals surface area contributed by atoms with Crippen LogP contribution in [0.3, 0.4) is 0 Å². The molecule has 5 heterocycles. The molecule has 6 rings (SSSR count). The van der Waals surface area contributed by atoms with E-state index in [1.165, 1.54) is 17.4 Å². The second-order valence-corrected chi connectivity index (χ2v) is 11.5. The second kappa shape index (κ2) is 11.2. The number of carboxylic acid groups (broad SMARTS) is 1. The van der Waals surface area contributed by atoms with Crippen molar-refractivity contribution in [2.75, 3.05) is 19.7 Å². The highest BCUT2D eigenvalue weighted by molar-refractivity contribution is 7.19. The van der Waals surface area contributed by atoms with Crippen molar-refractivity contribution >= 4 is 33.7 Å². The zero-order valence-corrected chi connectivity index (χ0v) is 22.8. The van der Waals surface area contributed by atoms with Gasteiger partial charge in [0.25, 0.3) is 0 Å². The zero-order chi connectivity index (χ0) is 26.9. The minimum absolute atomic E-state index is 0.0855. The highest BCUT2D eigenvalue weighted by Gasteiger charge is 2.28. The van der Waals surface area contributed by atoms with Crippen LogP contribution in [0, 0.1) is 5.82 Å². The summed E-state index contributed by atoms with van der Waals surface area (Å²) in [5.74, 6) is -0.538. The summed E-state index contributed by atoms with van der Waals surface area (Å²) in [4.78, 5) is 19.8. The van der Waals surface area contributed by atoms with Gasteiger partial charge in [0.15, 0.2) is 0 Å². The number of nitrogens with zero attached hydrogens (tertiary/aromatic N) is 4. The molecule has 0 aliphatic carbocycles. The predicted octanol–water partition coefficient (Wildman–Crippen LogP) is 5.57. The van der Waals surface area contributed by atoms with E-state index in [0.717, 1.165) is 73.7 Å². The van der Waals surface area contributed by atoms with E-state index in [0.29, 0.717) is 22.4 Å². The Labute approximate surface area is 233 Å². The van der Waals surface area contributed by atoms with Crippen LogP contribution in [-0.2, 0) is 24.3 Å². The normalized spacial score (nSPS) is 18.4. The van der Waals surface area contributed by atoms with Crippen LogP contribution in [0.4, 0.5) is 4.39 Å². The van der Waals surface area contributed by atoms with Crippen LogP contribution in [0.1, 0.15) is 57.4 Å². The highest BCUT2D eigenvalue weighted by atomic mass is 35.5. The summed E-state index contributed by atoms with van der Waals surface area (Å²) in [7, 11) is 0. The average Bonchev–Trinajstić information content (AvgIpc) is 3.45. The molecule has 0 radical (unpaired) electrons. The first-order chi connectivity index (χ1) is 18.9. The summed E-state index contributed by atoms with van der Waals surface area (Å²) in [6, 6.07) is 10.3. The third-order valence-corrected chi connectivity index (χ3v) is 8.80. The lowest BCUT2D eigenvalue weighted by molar-refractivity contribution is -0.0491. The lowest BCUT2D eigenvalue weighted by Gasteiger charge is -2.32. The fourth-order valence-corrected chi connectivity index (χ4v) is 6.29. The number of hydrogen-bond acceptors (Lipinski definition) is 7. The van der Waals surface area contributed by atoms with Gasteiger partial charge in [-0.05, 0) is 50.6 Å². The Bertz CT molecular complexity index is 1500. The van der Waals surface area contributed by atoms with Gasteiger partial charge in [-0.15, -0.1) is 11.3 Å². The summed E-state index contributed by atoms with van der Waals surface area (Å²) in [6.07, 6.45) is 5.46. The molecule has 1 atom stereocenters. The van der Waals surface area contributed by atoms with Gasteiger partial charge in [-0.2, -0.15) is 5.10 Å². The SMILES string of the molecule is O=C(O)c1cn2nc(CN3CCC(c4cccc(OCc5ccc(Cl)cc5F)n4)CC3)c(CC3CCO3)c2s1. The molecule has 1 N–H and O–H groups in total. The van der Waals surface area contributed by atoms with Crippen molar-refractivity contribution in [1.29, 1.82) is 0 Å². The molecule has 0 bridgehead atoms. The average molecular weight is 571 g/mol. The van der Waals surface area contributed by atoms with Gasteiger partial charge in [0, 0.05) is 53.4 Å². The molecule has 0 amide bonds. The van der Waals surface area contributed by atoms with Crippen LogP contribution in [0.5, 0.6) is 5.88 Å². The monoisotopic (exact) mass is 570 g/mol. The Balaban J connectivity index is 1.09. The number of hydrogen-bond donors (Lipinski definition) is 1. The first-order valence-corrected chi connectivity index (χ1v) is 14.2. The standard InChI is InChI=1S/C28H28ClFN4O4S/c29-19-5-4-18(22(30)12-19)16-38-26-3-1-2-23(31-26)17-6-9-33(10-7-17)14-24-21(13-20-8-11-37-20)27-34(32-24)15-25(39-27)28(35)36/h1-5,12,15,17,20H,6-11,13-14,16H2,(H,35,36). The molecule has 4 aromatic rings. The number of fused-ring (bicyclic) bond motifs is 1. The third kappa shape index (κ3) is 5.79. The number of aromatic nitrogens is 3. The Morgan fingerprint density at radius 1 is 1.23 bits per heavy atom. The summed E-state index contributed by atoms with van der Waals surface area (Å²) >= 11 is 7.11. The molecule has 0 spiro atoms. The van der Waals surface area contributed by atoms with Crippen molar-refractivity contribution in [2.45, 2.75) is 50.9 Å². The van der Waals surface area contributed by atoms with Gasteiger partial charge in [-0.25, -0.2) is 18.7 Å². The van der Waals surface area contributed by atoms with Gasteiger partial charge < -0.3 is 14.6 Å². The highest BCUT2D eigenvalue weighted by Crippen LogP contribution is 2.32. The molecule has 8 nitrogen and oxygen atoms in total. The minimum atomic E-state index is -0.930. The minimum Gasteiger partial charge on any atom is -0.477 e. The number of pyridine rings is 1. The van der Waals surface area contributed by atoms with Gasteiger partial charge in [-0.3, -0.25) is 4.90 Å².